The summed E-state index contributed by atoms with van der Waals surface area (Å²) in [5, 5.41) is 16.4. The van der Waals surface area contributed by atoms with Crippen molar-refractivity contribution in [1.29, 1.82) is 0 Å². The van der Waals surface area contributed by atoms with E-state index in [0.717, 1.165) is 48.1 Å². The van der Waals surface area contributed by atoms with Crippen molar-refractivity contribution in [3.63, 3.8) is 0 Å². The number of carbonyl (C=O) groups is 1. The lowest BCUT2D eigenvalue weighted by atomic mass is 10.1. The molecule has 0 aliphatic heterocycles. The van der Waals surface area contributed by atoms with Crippen LogP contribution in [0.3, 0.4) is 0 Å². The Bertz CT molecular complexity index is 703. The highest BCUT2D eigenvalue weighted by Gasteiger charge is 2.05. The molecule has 1 aromatic heterocycles. The number of methoxy groups -OCH3 is 1. The molecule has 24 heavy (non-hydrogen) atoms. The Labute approximate surface area is 140 Å². The first-order valence-electron chi connectivity index (χ1n) is 7.73. The normalized spacial score (nSPS) is 10.9. The Morgan fingerprint density at radius 1 is 1.42 bits per heavy atom. The van der Waals surface area contributed by atoms with Crippen LogP contribution in [0.5, 0.6) is 5.75 Å². The highest BCUT2D eigenvalue weighted by Crippen LogP contribution is 2.27. The van der Waals surface area contributed by atoms with Crippen molar-refractivity contribution >= 4 is 28.8 Å². The average molecular weight is 331 g/mol. The van der Waals surface area contributed by atoms with Gasteiger partial charge in [0.2, 0.25) is 6.61 Å². The molecule has 0 saturated heterocycles. The van der Waals surface area contributed by atoms with E-state index in [9.17, 15) is 4.79 Å². The zero-order valence-electron chi connectivity index (χ0n) is 13.6. The zero-order valence-corrected chi connectivity index (χ0v) is 13.6. The van der Waals surface area contributed by atoms with Crippen LogP contribution in [0.4, 0.5) is 5.69 Å². The molecule has 0 atom stereocenters. The number of hydrogen-bond acceptors (Lipinski definition) is 6. The topological polar surface area (TPSA) is 93.0 Å². The van der Waals surface area contributed by atoms with Crippen molar-refractivity contribution < 1.29 is 19.5 Å². The van der Waals surface area contributed by atoms with Gasteiger partial charge in [0, 0.05) is 30.4 Å². The summed E-state index contributed by atoms with van der Waals surface area (Å²) in [4.78, 5) is 19.2. The number of unbranched alkanes of at least 4 members (excludes halogenated alkanes) is 2. The van der Waals surface area contributed by atoms with Gasteiger partial charge in [0.05, 0.1) is 18.3 Å². The van der Waals surface area contributed by atoms with Gasteiger partial charge in [0.25, 0.3) is 0 Å². The molecule has 1 aromatic carbocycles. The first kappa shape index (κ1) is 17.5. The van der Waals surface area contributed by atoms with E-state index in [2.05, 4.69) is 20.3 Å². The van der Waals surface area contributed by atoms with Crippen molar-refractivity contribution in [2.24, 2.45) is 5.16 Å². The van der Waals surface area contributed by atoms with Crippen LogP contribution in [0.25, 0.3) is 10.9 Å². The first-order valence-corrected chi connectivity index (χ1v) is 7.73. The van der Waals surface area contributed by atoms with E-state index in [1.807, 2.05) is 24.3 Å². The molecule has 7 nitrogen and oxygen atoms in total. The lowest BCUT2D eigenvalue weighted by Gasteiger charge is -2.11. The lowest BCUT2D eigenvalue weighted by molar-refractivity contribution is -0.142. The summed E-state index contributed by atoms with van der Waals surface area (Å²) in [7, 11) is 1.65. The highest BCUT2D eigenvalue weighted by atomic mass is 16.6. The van der Waals surface area contributed by atoms with Gasteiger partial charge < -0.3 is 20.0 Å². The van der Waals surface area contributed by atoms with Crippen LogP contribution in [0, 0.1) is 0 Å². The second kappa shape index (κ2) is 9.34. The smallest absolute Gasteiger partial charge is 0.344 e. The maximum Gasteiger partial charge on any atom is 0.344 e. The van der Waals surface area contributed by atoms with E-state index in [-0.39, 0.29) is 0 Å². The van der Waals surface area contributed by atoms with E-state index in [1.165, 1.54) is 0 Å². The van der Waals surface area contributed by atoms with Crippen molar-refractivity contribution in [2.75, 3.05) is 25.6 Å². The summed E-state index contributed by atoms with van der Waals surface area (Å²) in [5.74, 6) is -0.240. The molecule has 0 bridgehead atoms. The third-order valence-corrected chi connectivity index (χ3v) is 3.33. The number of hydrogen-bond donors (Lipinski definition) is 2. The molecule has 0 amide bonds. The molecule has 128 valence electrons. The summed E-state index contributed by atoms with van der Waals surface area (Å²) in [6.45, 7) is 0.386. The number of nitrogens with one attached hydrogen (secondary N) is 1. The molecular weight excluding hydrogens is 310 g/mol. The SMILES string of the molecule is COc1cc(NCCCC/C=N/OCC(=O)O)c2ncccc2c1. The molecule has 0 saturated carbocycles. The summed E-state index contributed by atoms with van der Waals surface area (Å²) in [5.41, 5.74) is 1.87. The second-order valence-electron chi connectivity index (χ2n) is 5.13. The fraction of sp³-hybridized carbons (Fsp3) is 0.353. The number of carboxylic acids is 1. The summed E-state index contributed by atoms with van der Waals surface area (Å²) < 4.78 is 5.32. The highest BCUT2D eigenvalue weighted by molar-refractivity contribution is 5.91. The van der Waals surface area contributed by atoms with Gasteiger partial charge in [-0.3, -0.25) is 4.98 Å². The van der Waals surface area contributed by atoms with E-state index < -0.39 is 12.6 Å². The van der Waals surface area contributed by atoms with Gasteiger partial charge in [0.15, 0.2) is 0 Å². The van der Waals surface area contributed by atoms with Gasteiger partial charge in [0.1, 0.15) is 5.75 Å². The molecular formula is C17H21N3O4. The first-order chi connectivity index (χ1) is 11.7. The van der Waals surface area contributed by atoms with Gasteiger partial charge in [-0.05, 0) is 31.4 Å². The molecule has 0 aliphatic carbocycles. The number of aromatic nitrogens is 1. The maximum absolute atomic E-state index is 10.2. The number of pyridine rings is 1. The van der Waals surface area contributed by atoms with Crippen LogP contribution >= 0.6 is 0 Å². The maximum atomic E-state index is 10.2. The van der Waals surface area contributed by atoms with Crippen molar-refractivity contribution in [3.05, 3.63) is 30.5 Å². The fourth-order valence-electron chi connectivity index (χ4n) is 2.20. The van der Waals surface area contributed by atoms with Gasteiger partial charge in [-0.2, -0.15) is 0 Å². The molecule has 0 unspecified atom stereocenters. The number of oxime groups is 1. The van der Waals surface area contributed by atoms with Gasteiger partial charge in [-0.15, -0.1) is 0 Å². The van der Waals surface area contributed by atoms with E-state index in [1.54, 1.807) is 19.5 Å². The van der Waals surface area contributed by atoms with Crippen molar-refractivity contribution in [1.82, 2.24) is 4.98 Å². The van der Waals surface area contributed by atoms with E-state index >= 15 is 0 Å². The lowest BCUT2D eigenvalue weighted by Crippen LogP contribution is -2.04. The number of ether oxygens (including phenoxy) is 1. The number of benzene rings is 1. The van der Waals surface area contributed by atoms with E-state index in [0.29, 0.717) is 0 Å². The predicted molar refractivity (Wildman–Crippen MR) is 92.7 cm³/mol. The minimum Gasteiger partial charge on any atom is -0.497 e. The van der Waals surface area contributed by atoms with Gasteiger partial charge in [-0.25, -0.2) is 4.79 Å². The number of aliphatic carboxylic acids is 1. The fourth-order valence-corrected chi connectivity index (χ4v) is 2.20. The molecule has 7 heteroatoms. The number of anilines is 1. The molecule has 2 rings (SSSR count). The Hall–Kier alpha value is -2.83. The van der Waals surface area contributed by atoms with Crippen LogP contribution in [-0.4, -0.2) is 42.5 Å². The third kappa shape index (κ3) is 5.42. The summed E-state index contributed by atoms with van der Waals surface area (Å²) in [6, 6.07) is 7.80. The Morgan fingerprint density at radius 3 is 3.08 bits per heavy atom. The summed E-state index contributed by atoms with van der Waals surface area (Å²) >= 11 is 0. The monoisotopic (exact) mass is 331 g/mol. The van der Waals surface area contributed by atoms with E-state index in [4.69, 9.17) is 9.84 Å². The average Bonchev–Trinajstić information content (AvgIpc) is 2.59. The van der Waals surface area contributed by atoms with Gasteiger partial charge in [-0.1, -0.05) is 11.2 Å². The predicted octanol–water partition coefficient (Wildman–Crippen LogP) is 2.91. The van der Waals surface area contributed by atoms with Crippen LogP contribution in [0.2, 0.25) is 0 Å². The minimum absolute atomic E-state index is 0.409. The van der Waals surface area contributed by atoms with Crippen LogP contribution in [0.15, 0.2) is 35.6 Å². The Kier molecular flexibility index (Phi) is 6.82. The molecule has 1 heterocycles. The van der Waals surface area contributed by atoms with Crippen LogP contribution < -0.4 is 10.1 Å². The van der Waals surface area contributed by atoms with Gasteiger partial charge >= 0.3 is 5.97 Å². The van der Waals surface area contributed by atoms with Crippen LogP contribution in [0.1, 0.15) is 19.3 Å². The number of carboxylic acid groups (broad SMARTS) is 1. The molecule has 0 radical (unpaired) electrons. The molecule has 2 N–H and O–H groups in total. The minimum atomic E-state index is -1.03. The molecule has 0 fully saturated rings. The van der Waals surface area contributed by atoms with Crippen molar-refractivity contribution in [3.8, 4) is 5.75 Å². The second-order valence-corrected chi connectivity index (χ2v) is 5.13. The molecule has 2 aromatic rings. The zero-order chi connectivity index (χ0) is 17.2. The third-order valence-electron chi connectivity index (χ3n) is 3.33. The number of nitrogens with zero attached hydrogens (tertiary/aromatic N) is 2. The summed E-state index contributed by atoms with van der Waals surface area (Å²) in [6.07, 6.45) is 5.95. The number of rotatable bonds is 10. The number of fused-ring (bicyclic) bond motifs is 1. The standard InChI is InChI=1S/C17H21N3O4/c1-23-14-10-13-6-5-8-19-17(13)15(11-14)18-7-3-2-4-9-20-24-12-16(21)22/h5-6,8-11,18H,2-4,7,12H2,1H3,(H,21,22)/b20-9+. The molecule has 0 spiro atoms. The molecule has 0 aliphatic rings. The largest absolute Gasteiger partial charge is 0.497 e. The Morgan fingerprint density at radius 2 is 2.29 bits per heavy atom. The van der Waals surface area contributed by atoms with Crippen molar-refractivity contribution in [2.45, 2.75) is 19.3 Å². The quantitative estimate of drug-likeness (QED) is 0.395. The Balaban J connectivity index is 1.78. The van der Waals surface area contributed by atoms with Crippen LogP contribution in [-0.2, 0) is 9.63 Å².